The summed E-state index contributed by atoms with van der Waals surface area (Å²) in [6.07, 6.45) is 5.56. The van der Waals surface area contributed by atoms with Crippen molar-refractivity contribution >= 4 is 11.9 Å². The molecule has 1 amide bonds. The van der Waals surface area contributed by atoms with E-state index in [9.17, 15) is 9.59 Å². The molecule has 0 N–H and O–H groups in total. The van der Waals surface area contributed by atoms with Crippen molar-refractivity contribution in [2.75, 3.05) is 27.0 Å². The Morgan fingerprint density at radius 2 is 1.92 bits per heavy atom. The van der Waals surface area contributed by atoms with Gasteiger partial charge in [-0.3, -0.25) is 9.59 Å². The predicted octanol–water partition coefficient (Wildman–Crippen LogP) is 2.93. The summed E-state index contributed by atoms with van der Waals surface area (Å²) in [7, 11) is 1.37. The Morgan fingerprint density at radius 1 is 1.15 bits per heavy atom. The number of likely N-dealkylation sites (tertiary alicyclic amines) is 1. The average Bonchev–Trinajstić information content (AvgIpc) is 3.14. The van der Waals surface area contributed by atoms with Crippen LogP contribution in [0.3, 0.4) is 0 Å². The van der Waals surface area contributed by atoms with Crippen molar-refractivity contribution in [1.29, 1.82) is 0 Å². The fourth-order valence-corrected chi connectivity index (χ4v) is 3.58. The van der Waals surface area contributed by atoms with Gasteiger partial charge in [0.25, 0.3) is 0 Å². The van der Waals surface area contributed by atoms with E-state index in [2.05, 4.69) is 16.9 Å². The number of carbonyl (C=O) groups is 2. The first-order chi connectivity index (χ1) is 12.7. The monoisotopic (exact) mass is 361 g/mol. The first-order valence-corrected chi connectivity index (χ1v) is 9.39. The molecule has 0 atom stereocenters. The Bertz CT molecular complexity index is 637. The van der Waals surface area contributed by atoms with Gasteiger partial charge in [-0.25, -0.2) is 0 Å². The van der Waals surface area contributed by atoms with Crippen molar-refractivity contribution in [1.82, 2.24) is 4.90 Å². The van der Waals surface area contributed by atoms with Gasteiger partial charge in [-0.1, -0.05) is 6.07 Å². The van der Waals surface area contributed by atoms with Gasteiger partial charge in [-0.2, -0.15) is 0 Å². The van der Waals surface area contributed by atoms with Gasteiger partial charge in [0.1, 0.15) is 0 Å². The number of aryl methyl sites for hydroxylation is 1. The van der Waals surface area contributed by atoms with Crippen LogP contribution < -0.4 is 9.47 Å². The van der Waals surface area contributed by atoms with Gasteiger partial charge in [-0.15, -0.1) is 0 Å². The number of hydrogen-bond acceptors (Lipinski definition) is 5. The Kier molecular flexibility index (Phi) is 6.36. The average molecular weight is 361 g/mol. The van der Waals surface area contributed by atoms with Gasteiger partial charge >= 0.3 is 5.97 Å². The third-order valence-corrected chi connectivity index (χ3v) is 5.24. The lowest BCUT2D eigenvalue weighted by atomic mass is 9.90. The molecule has 0 radical (unpaired) electrons. The first kappa shape index (κ1) is 18.5. The van der Waals surface area contributed by atoms with Gasteiger partial charge in [0.2, 0.25) is 12.7 Å². The number of hydrogen-bond donors (Lipinski definition) is 0. The smallest absolute Gasteiger partial charge is 0.305 e. The maximum atomic E-state index is 12.2. The minimum absolute atomic E-state index is 0.156. The number of benzene rings is 1. The molecule has 0 aromatic heterocycles. The highest BCUT2D eigenvalue weighted by Gasteiger charge is 2.23. The first-order valence-electron chi connectivity index (χ1n) is 9.39. The van der Waals surface area contributed by atoms with Crippen LogP contribution in [0.15, 0.2) is 18.2 Å². The molecule has 0 unspecified atom stereocenters. The second-order valence-corrected chi connectivity index (χ2v) is 6.98. The Morgan fingerprint density at radius 3 is 2.69 bits per heavy atom. The van der Waals surface area contributed by atoms with Crippen LogP contribution in [0.4, 0.5) is 0 Å². The van der Waals surface area contributed by atoms with E-state index >= 15 is 0 Å². The molecule has 142 valence electrons. The van der Waals surface area contributed by atoms with E-state index in [-0.39, 0.29) is 11.9 Å². The SMILES string of the molecule is COC(=O)CCCC(=O)N1CCC(CCc2ccc3c(c2)OCO3)CC1. The number of methoxy groups -OCH3 is 1. The van der Waals surface area contributed by atoms with E-state index in [0.717, 1.165) is 50.3 Å². The number of amides is 1. The van der Waals surface area contributed by atoms with Crippen LogP contribution in [0.25, 0.3) is 0 Å². The quantitative estimate of drug-likeness (QED) is 0.699. The molecule has 0 saturated carbocycles. The highest BCUT2D eigenvalue weighted by molar-refractivity contribution is 5.77. The zero-order valence-corrected chi connectivity index (χ0v) is 15.4. The number of ether oxygens (including phenoxy) is 3. The molecular formula is C20H27NO5. The minimum atomic E-state index is -0.250. The molecule has 0 spiro atoms. The number of piperidine rings is 1. The number of nitrogens with zero attached hydrogens (tertiary/aromatic N) is 1. The third-order valence-electron chi connectivity index (χ3n) is 5.24. The van der Waals surface area contributed by atoms with Crippen molar-refractivity contribution in [3.63, 3.8) is 0 Å². The molecule has 2 heterocycles. The van der Waals surface area contributed by atoms with Gasteiger partial charge in [0.15, 0.2) is 11.5 Å². The summed E-state index contributed by atoms with van der Waals surface area (Å²) in [5.74, 6) is 2.23. The summed E-state index contributed by atoms with van der Waals surface area (Å²) in [4.78, 5) is 25.3. The Balaban J connectivity index is 1.36. The van der Waals surface area contributed by atoms with Crippen LogP contribution in [-0.4, -0.2) is 43.8 Å². The molecule has 2 aliphatic heterocycles. The molecule has 26 heavy (non-hydrogen) atoms. The molecule has 1 saturated heterocycles. The van der Waals surface area contributed by atoms with Gasteiger partial charge in [0.05, 0.1) is 7.11 Å². The normalized spacial score (nSPS) is 16.6. The molecule has 2 aliphatic rings. The number of rotatable bonds is 7. The highest BCUT2D eigenvalue weighted by atomic mass is 16.7. The van der Waals surface area contributed by atoms with E-state index in [4.69, 9.17) is 9.47 Å². The van der Waals surface area contributed by atoms with E-state index < -0.39 is 0 Å². The predicted molar refractivity (Wildman–Crippen MR) is 96.1 cm³/mol. The van der Waals surface area contributed by atoms with E-state index in [1.54, 1.807) is 0 Å². The second-order valence-electron chi connectivity index (χ2n) is 6.98. The maximum absolute atomic E-state index is 12.2. The molecule has 0 bridgehead atoms. The lowest BCUT2D eigenvalue weighted by molar-refractivity contribution is -0.141. The van der Waals surface area contributed by atoms with Crippen LogP contribution in [0, 0.1) is 5.92 Å². The van der Waals surface area contributed by atoms with Crippen LogP contribution in [-0.2, 0) is 20.7 Å². The van der Waals surface area contributed by atoms with Crippen LogP contribution in [0.2, 0.25) is 0 Å². The summed E-state index contributed by atoms with van der Waals surface area (Å²) in [5.41, 5.74) is 1.27. The van der Waals surface area contributed by atoms with Crippen molar-refractivity contribution in [3.8, 4) is 11.5 Å². The van der Waals surface area contributed by atoms with Crippen LogP contribution >= 0.6 is 0 Å². The van der Waals surface area contributed by atoms with Gasteiger partial charge < -0.3 is 19.1 Å². The van der Waals surface area contributed by atoms with E-state index in [0.29, 0.717) is 32.0 Å². The Labute approximate surface area is 154 Å². The molecular weight excluding hydrogens is 334 g/mol. The molecule has 6 heteroatoms. The summed E-state index contributed by atoms with van der Waals surface area (Å²) in [6.45, 7) is 1.95. The van der Waals surface area contributed by atoms with Crippen molar-refractivity contribution in [2.45, 2.75) is 44.9 Å². The number of carbonyl (C=O) groups excluding carboxylic acids is 2. The lowest BCUT2D eigenvalue weighted by Gasteiger charge is -2.32. The maximum Gasteiger partial charge on any atom is 0.305 e. The van der Waals surface area contributed by atoms with Crippen LogP contribution in [0.5, 0.6) is 11.5 Å². The number of fused-ring (bicyclic) bond motifs is 1. The largest absolute Gasteiger partial charge is 0.469 e. The summed E-state index contributed by atoms with van der Waals surface area (Å²) in [5, 5.41) is 0. The molecule has 1 fully saturated rings. The summed E-state index contributed by atoms with van der Waals surface area (Å²) >= 11 is 0. The molecule has 1 aromatic rings. The molecule has 1 aromatic carbocycles. The van der Waals surface area contributed by atoms with Gasteiger partial charge in [0, 0.05) is 25.9 Å². The van der Waals surface area contributed by atoms with E-state index in [1.165, 1.54) is 12.7 Å². The fourth-order valence-electron chi connectivity index (χ4n) is 3.58. The summed E-state index contributed by atoms with van der Waals surface area (Å²) in [6, 6.07) is 6.16. The minimum Gasteiger partial charge on any atom is -0.469 e. The van der Waals surface area contributed by atoms with Crippen molar-refractivity contribution in [3.05, 3.63) is 23.8 Å². The van der Waals surface area contributed by atoms with Crippen LogP contribution in [0.1, 0.15) is 44.1 Å². The third kappa shape index (κ3) is 4.90. The van der Waals surface area contributed by atoms with Crippen molar-refractivity contribution < 1.29 is 23.8 Å². The number of esters is 1. The molecule has 6 nitrogen and oxygen atoms in total. The van der Waals surface area contributed by atoms with Crippen molar-refractivity contribution in [2.24, 2.45) is 5.92 Å². The van der Waals surface area contributed by atoms with Gasteiger partial charge in [-0.05, 0) is 55.7 Å². The zero-order chi connectivity index (χ0) is 18.4. The Hall–Kier alpha value is -2.24. The standard InChI is InChI=1S/C20H27NO5/c1-24-20(23)4-2-3-19(22)21-11-9-15(10-12-21)5-6-16-7-8-17-18(13-16)26-14-25-17/h7-8,13,15H,2-6,9-12,14H2,1H3. The second kappa shape index (κ2) is 8.92. The zero-order valence-electron chi connectivity index (χ0n) is 15.4. The fraction of sp³-hybridized carbons (Fsp3) is 0.600. The topological polar surface area (TPSA) is 65.1 Å². The van der Waals surface area contributed by atoms with E-state index in [1.807, 2.05) is 11.0 Å². The molecule has 0 aliphatic carbocycles. The lowest BCUT2D eigenvalue weighted by Crippen LogP contribution is -2.38. The highest BCUT2D eigenvalue weighted by Crippen LogP contribution is 2.33. The summed E-state index contributed by atoms with van der Waals surface area (Å²) < 4.78 is 15.4. The molecule has 3 rings (SSSR count).